The third-order valence-electron chi connectivity index (χ3n) is 2.56. The van der Waals surface area contributed by atoms with Gasteiger partial charge < -0.3 is 9.47 Å². The van der Waals surface area contributed by atoms with Gasteiger partial charge >= 0.3 is 10.8 Å². The van der Waals surface area contributed by atoms with E-state index in [9.17, 15) is 9.59 Å². The Morgan fingerprint density at radius 2 is 2.11 bits per heavy atom. The molecule has 0 atom stereocenters. The lowest BCUT2D eigenvalue weighted by Crippen LogP contribution is -2.22. The smallest absolute Gasteiger partial charge is 0.326 e. The average molecular weight is 281 g/mol. The van der Waals surface area contributed by atoms with Crippen molar-refractivity contribution in [3.8, 4) is 0 Å². The summed E-state index contributed by atoms with van der Waals surface area (Å²) in [6.07, 6.45) is 0. The van der Waals surface area contributed by atoms with Crippen molar-refractivity contribution in [2.75, 3.05) is 19.8 Å². The molecule has 0 fully saturated rings. The third kappa shape index (κ3) is 3.42. The van der Waals surface area contributed by atoms with Gasteiger partial charge in [0, 0.05) is 6.61 Å². The van der Waals surface area contributed by atoms with Crippen LogP contribution in [0, 0.1) is 0 Å². The highest BCUT2D eigenvalue weighted by atomic mass is 32.1. The van der Waals surface area contributed by atoms with E-state index in [0.29, 0.717) is 13.2 Å². The highest BCUT2D eigenvalue weighted by molar-refractivity contribution is 7.16. The lowest BCUT2D eigenvalue weighted by molar-refractivity contribution is -0.145. The number of ether oxygens (including phenoxy) is 2. The molecule has 1 aromatic carbocycles. The monoisotopic (exact) mass is 281 g/mol. The molecule has 19 heavy (non-hydrogen) atoms. The molecular weight excluding hydrogens is 266 g/mol. The minimum absolute atomic E-state index is 0.0605. The maximum Gasteiger partial charge on any atom is 0.326 e. The number of thiazole rings is 1. The molecule has 0 unspecified atom stereocenters. The summed E-state index contributed by atoms with van der Waals surface area (Å²) in [5, 5.41) is 0. The summed E-state index contributed by atoms with van der Waals surface area (Å²) in [5.74, 6) is -0.426. The number of carbonyl (C=O) groups is 1. The van der Waals surface area contributed by atoms with Crippen molar-refractivity contribution in [3.63, 3.8) is 0 Å². The van der Waals surface area contributed by atoms with Crippen LogP contribution in [0.25, 0.3) is 10.2 Å². The summed E-state index contributed by atoms with van der Waals surface area (Å²) in [5.41, 5.74) is 0.763. The number of fused-ring (bicyclic) bond motifs is 1. The van der Waals surface area contributed by atoms with Gasteiger partial charge in [-0.05, 0) is 19.1 Å². The minimum Gasteiger partial charge on any atom is -0.462 e. The molecule has 1 aromatic heterocycles. The van der Waals surface area contributed by atoms with Crippen LogP contribution in [0.3, 0.4) is 0 Å². The van der Waals surface area contributed by atoms with E-state index < -0.39 is 5.97 Å². The van der Waals surface area contributed by atoms with E-state index in [1.54, 1.807) is 0 Å². The van der Waals surface area contributed by atoms with Gasteiger partial charge in [0.25, 0.3) is 0 Å². The Hall–Kier alpha value is -1.66. The molecule has 6 heteroatoms. The fraction of sp³-hybridized carbons (Fsp3) is 0.385. The molecule has 102 valence electrons. The number of aromatic nitrogens is 1. The molecule has 0 aliphatic carbocycles. The standard InChI is InChI=1S/C13H15NO4S/c1-2-17-7-8-18-12(15)9-14-10-5-3-4-6-11(10)19-13(14)16/h3-6H,2,7-9H2,1H3. The third-order valence-corrected chi connectivity index (χ3v) is 3.52. The van der Waals surface area contributed by atoms with Crippen LogP contribution in [-0.4, -0.2) is 30.4 Å². The first-order valence-corrected chi connectivity index (χ1v) is 6.85. The number of benzene rings is 1. The first-order valence-electron chi connectivity index (χ1n) is 6.04. The van der Waals surface area contributed by atoms with Crippen LogP contribution in [0.5, 0.6) is 0 Å². The summed E-state index contributed by atoms with van der Waals surface area (Å²) in [4.78, 5) is 23.3. The van der Waals surface area contributed by atoms with Crippen molar-refractivity contribution in [3.05, 3.63) is 33.9 Å². The second-order valence-electron chi connectivity index (χ2n) is 3.84. The van der Waals surface area contributed by atoms with Gasteiger partial charge in [-0.2, -0.15) is 0 Å². The fourth-order valence-electron chi connectivity index (χ4n) is 1.70. The van der Waals surface area contributed by atoms with E-state index in [-0.39, 0.29) is 18.0 Å². The van der Waals surface area contributed by atoms with Gasteiger partial charge in [-0.25, -0.2) is 0 Å². The molecule has 0 N–H and O–H groups in total. The second kappa shape index (κ2) is 6.49. The van der Waals surface area contributed by atoms with E-state index in [1.165, 1.54) is 4.57 Å². The normalized spacial score (nSPS) is 10.8. The van der Waals surface area contributed by atoms with Gasteiger partial charge in [0.1, 0.15) is 13.2 Å². The fourth-order valence-corrected chi connectivity index (χ4v) is 2.59. The molecule has 0 bridgehead atoms. The molecule has 0 radical (unpaired) electrons. The van der Waals surface area contributed by atoms with Crippen LogP contribution < -0.4 is 4.87 Å². The predicted molar refractivity (Wildman–Crippen MR) is 73.5 cm³/mol. The predicted octanol–water partition coefficient (Wildman–Crippen LogP) is 1.64. The summed E-state index contributed by atoms with van der Waals surface area (Å²) >= 11 is 1.13. The number of carbonyl (C=O) groups excluding carboxylic acids is 1. The molecule has 0 saturated carbocycles. The van der Waals surface area contributed by atoms with Crippen LogP contribution in [0.15, 0.2) is 29.1 Å². The Morgan fingerprint density at radius 3 is 2.89 bits per heavy atom. The first-order chi connectivity index (χ1) is 9.22. The zero-order valence-electron chi connectivity index (χ0n) is 10.6. The van der Waals surface area contributed by atoms with Crippen LogP contribution in [0.4, 0.5) is 0 Å². The van der Waals surface area contributed by atoms with Crippen molar-refractivity contribution < 1.29 is 14.3 Å². The molecule has 2 aromatic rings. The van der Waals surface area contributed by atoms with Crippen molar-refractivity contribution in [2.24, 2.45) is 0 Å². The SMILES string of the molecule is CCOCCOC(=O)Cn1c(=O)sc2ccccc21. The molecule has 0 aliphatic rings. The van der Waals surface area contributed by atoms with Gasteiger partial charge in [0.05, 0.1) is 16.8 Å². The van der Waals surface area contributed by atoms with Crippen molar-refractivity contribution in [1.29, 1.82) is 0 Å². The minimum atomic E-state index is -0.426. The Kier molecular flexibility index (Phi) is 4.70. The van der Waals surface area contributed by atoms with Gasteiger partial charge in [-0.15, -0.1) is 0 Å². The average Bonchev–Trinajstić information content (AvgIpc) is 2.72. The number of nitrogens with zero attached hydrogens (tertiary/aromatic N) is 1. The van der Waals surface area contributed by atoms with E-state index in [4.69, 9.17) is 9.47 Å². The van der Waals surface area contributed by atoms with Crippen LogP contribution in [0.2, 0.25) is 0 Å². The summed E-state index contributed by atoms with van der Waals surface area (Å²) in [6.45, 7) is 2.99. The lowest BCUT2D eigenvalue weighted by Gasteiger charge is -2.05. The van der Waals surface area contributed by atoms with Gasteiger partial charge in [-0.1, -0.05) is 23.5 Å². The molecule has 0 saturated heterocycles. The molecule has 0 spiro atoms. The van der Waals surface area contributed by atoms with E-state index in [2.05, 4.69) is 0 Å². The molecule has 2 rings (SSSR count). The summed E-state index contributed by atoms with van der Waals surface area (Å²) in [6, 6.07) is 7.38. The quantitative estimate of drug-likeness (QED) is 0.596. The zero-order chi connectivity index (χ0) is 13.7. The van der Waals surface area contributed by atoms with Crippen molar-refractivity contribution in [1.82, 2.24) is 4.57 Å². The maximum absolute atomic E-state index is 11.8. The van der Waals surface area contributed by atoms with Crippen molar-refractivity contribution >= 4 is 27.5 Å². The Labute approximate surface area is 114 Å². The van der Waals surface area contributed by atoms with Crippen molar-refractivity contribution in [2.45, 2.75) is 13.5 Å². The number of para-hydroxylation sites is 1. The highest BCUT2D eigenvalue weighted by Crippen LogP contribution is 2.16. The van der Waals surface area contributed by atoms with E-state index in [1.807, 2.05) is 31.2 Å². The Morgan fingerprint density at radius 1 is 1.32 bits per heavy atom. The molecular formula is C13H15NO4S. The largest absolute Gasteiger partial charge is 0.462 e. The Balaban J connectivity index is 2.03. The van der Waals surface area contributed by atoms with E-state index >= 15 is 0 Å². The molecule has 0 amide bonds. The van der Waals surface area contributed by atoms with Gasteiger partial charge in [-0.3, -0.25) is 14.2 Å². The number of hydrogen-bond donors (Lipinski definition) is 0. The second-order valence-corrected chi connectivity index (χ2v) is 4.83. The van der Waals surface area contributed by atoms with E-state index in [0.717, 1.165) is 21.6 Å². The summed E-state index contributed by atoms with van der Waals surface area (Å²) < 4.78 is 12.4. The Bertz CT molecular complexity index is 616. The van der Waals surface area contributed by atoms with Gasteiger partial charge in [0.15, 0.2) is 0 Å². The van der Waals surface area contributed by atoms with Gasteiger partial charge in [0.2, 0.25) is 0 Å². The highest BCUT2D eigenvalue weighted by Gasteiger charge is 2.11. The summed E-state index contributed by atoms with van der Waals surface area (Å²) in [7, 11) is 0. The lowest BCUT2D eigenvalue weighted by atomic mass is 10.3. The molecule has 5 nitrogen and oxygen atoms in total. The topological polar surface area (TPSA) is 57.5 Å². The number of esters is 1. The first kappa shape index (κ1) is 13.8. The van der Waals surface area contributed by atoms with Crippen LogP contribution in [-0.2, 0) is 20.8 Å². The molecule has 1 heterocycles. The zero-order valence-corrected chi connectivity index (χ0v) is 11.4. The number of hydrogen-bond acceptors (Lipinski definition) is 5. The van der Waals surface area contributed by atoms with Crippen LogP contribution in [0.1, 0.15) is 6.92 Å². The maximum atomic E-state index is 11.8. The van der Waals surface area contributed by atoms with Crippen LogP contribution >= 0.6 is 11.3 Å². The molecule has 0 aliphatic heterocycles. The number of rotatable bonds is 6.